The van der Waals surface area contributed by atoms with Crippen LogP contribution in [0.2, 0.25) is 0 Å². The van der Waals surface area contributed by atoms with Crippen LogP contribution in [0.15, 0.2) is 52.0 Å². The summed E-state index contributed by atoms with van der Waals surface area (Å²) < 4.78 is 79.0. The zero-order valence-corrected chi connectivity index (χ0v) is 15.0. The zero-order valence-electron chi connectivity index (χ0n) is 12.6. The molecule has 3 rings (SSSR count). The molecule has 0 aliphatic rings. The van der Waals surface area contributed by atoms with Crippen LogP contribution in [0.3, 0.4) is 0 Å². The second-order valence-corrected chi connectivity index (χ2v) is 8.02. The maximum absolute atomic E-state index is 14.4. The van der Waals surface area contributed by atoms with E-state index in [0.717, 1.165) is 17.8 Å². The minimum atomic E-state index is -4.77. The summed E-state index contributed by atoms with van der Waals surface area (Å²) in [4.78, 5) is -0.0916. The highest BCUT2D eigenvalue weighted by molar-refractivity contribution is 9.10. The molecule has 0 radical (unpaired) electrons. The van der Waals surface area contributed by atoms with Gasteiger partial charge in [0.2, 0.25) is 0 Å². The van der Waals surface area contributed by atoms with E-state index in [4.69, 9.17) is 0 Å². The largest absolute Gasteiger partial charge is 0.417 e. The van der Waals surface area contributed by atoms with E-state index in [-0.39, 0.29) is 16.3 Å². The number of benzene rings is 2. The summed E-state index contributed by atoms with van der Waals surface area (Å²) in [6, 6.07) is 7.28. The molecular formula is C16H10BrF4NO2S. The molecule has 25 heavy (non-hydrogen) atoms. The molecule has 0 aliphatic heterocycles. The Bertz CT molecular complexity index is 1070. The summed E-state index contributed by atoms with van der Waals surface area (Å²) >= 11 is 2.80. The first-order chi connectivity index (χ1) is 11.5. The lowest BCUT2D eigenvalue weighted by Gasteiger charge is -2.12. The summed E-state index contributed by atoms with van der Waals surface area (Å²) in [6.45, 7) is 1.77. The topological polar surface area (TPSA) is 39.1 Å². The third kappa shape index (κ3) is 2.95. The van der Waals surface area contributed by atoms with Crippen molar-refractivity contribution < 1.29 is 26.0 Å². The van der Waals surface area contributed by atoms with E-state index in [1.54, 1.807) is 19.1 Å². The molecule has 2 aromatic carbocycles. The smallest absolute Gasteiger partial charge is 0.238 e. The molecule has 0 saturated carbocycles. The van der Waals surface area contributed by atoms with E-state index in [9.17, 15) is 26.0 Å². The van der Waals surface area contributed by atoms with Gasteiger partial charge < -0.3 is 0 Å². The van der Waals surface area contributed by atoms with Crippen molar-refractivity contribution in [2.24, 2.45) is 0 Å². The Labute approximate surface area is 149 Å². The normalized spacial score (nSPS) is 12.7. The molecule has 0 amide bonds. The van der Waals surface area contributed by atoms with Gasteiger partial charge >= 0.3 is 6.18 Å². The van der Waals surface area contributed by atoms with Gasteiger partial charge in [-0.05, 0) is 47.1 Å². The van der Waals surface area contributed by atoms with E-state index in [1.807, 2.05) is 0 Å². The van der Waals surface area contributed by atoms with Crippen LogP contribution in [-0.2, 0) is 16.2 Å². The molecule has 0 saturated heterocycles. The van der Waals surface area contributed by atoms with Crippen molar-refractivity contribution in [2.75, 3.05) is 0 Å². The second kappa shape index (κ2) is 5.84. The summed E-state index contributed by atoms with van der Waals surface area (Å²) in [5.41, 5.74) is -0.816. The molecule has 0 N–H and O–H groups in total. The van der Waals surface area contributed by atoms with Gasteiger partial charge in [-0.2, -0.15) is 13.2 Å². The number of aryl methyl sites for hydroxylation is 1. The van der Waals surface area contributed by atoms with Crippen LogP contribution in [0.5, 0.6) is 0 Å². The molecule has 1 heterocycles. The van der Waals surface area contributed by atoms with Crippen molar-refractivity contribution in [3.05, 3.63) is 64.0 Å². The van der Waals surface area contributed by atoms with Crippen molar-refractivity contribution in [1.82, 2.24) is 3.97 Å². The van der Waals surface area contributed by atoms with Crippen LogP contribution in [0, 0.1) is 12.7 Å². The molecule has 0 aliphatic carbocycles. The van der Waals surface area contributed by atoms with Crippen molar-refractivity contribution in [3.8, 4) is 0 Å². The highest BCUT2D eigenvalue weighted by Crippen LogP contribution is 2.40. The number of aromatic nitrogens is 1. The zero-order chi connectivity index (χ0) is 18.6. The van der Waals surface area contributed by atoms with Crippen molar-refractivity contribution in [2.45, 2.75) is 18.0 Å². The highest BCUT2D eigenvalue weighted by atomic mass is 79.9. The third-order valence-electron chi connectivity index (χ3n) is 3.71. The maximum atomic E-state index is 14.4. The van der Waals surface area contributed by atoms with E-state index in [2.05, 4.69) is 15.9 Å². The first-order valence-electron chi connectivity index (χ1n) is 6.92. The van der Waals surface area contributed by atoms with E-state index < -0.39 is 37.6 Å². The average Bonchev–Trinajstić information content (AvgIpc) is 2.97. The number of fused-ring (bicyclic) bond motifs is 1. The van der Waals surface area contributed by atoms with Crippen molar-refractivity contribution >= 4 is 36.9 Å². The Kier molecular flexibility index (Phi) is 4.19. The monoisotopic (exact) mass is 435 g/mol. The van der Waals surface area contributed by atoms with Gasteiger partial charge in [0, 0.05) is 16.1 Å². The third-order valence-corrected chi connectivity index (χ3v) is 6.25. The van der Waals surface area contributed by atoms with Crippen LogP contribution in [0.1, 0.15) is 11.1 Å². The van der Waals surface area contributed by atoms with Gasteiger partial charge in [0.05, 0.1) is 10.5 Å². The minimum absolute atomic E-state index is 0.0916. The van der Waals surface area contributed by atoms with Gasteiger partial charge in [0.25, 0.3) is 10.0 Å². The quantitative estimate of drug-likeness (QED) is 0.524. The molecule has 0 bridgehead atoms. The Hall–Kier alpha value is -1.87. The molecule has 0 atom stereocenters. The number of alkyl halides is 3. The number of nitrogens with zero attached hydrogens (tertiary/aromatic N) is 1. The molecule has 3 nitrogen and oxygen atoms in total. The van der Waals surface area contributed by atoms with E-state index in [0.29, 0.717) is 3.97 Å². The maximum Gasteiger partial charge on any atom is 0.417 e. The summed E-state index contributed by atoms with van der Waals surface area (Å²) in [5, 5.41) is -0.178. The summed E-state index contributed by atoms with van der Waals surface area (Å²) in [5.74, 6) is -1.27. The van der Waals surface area contributed by atoms with Crippen LogP contribution in [0.4, 0.5) is 17.6 Å². The fourth-order valence-electron chi connectivity index (χ4n) is 2.46. The number of halogens is 5. The fourth-order valence-corrected chi connectivity index (χ4v) is 4.47. The van der Waals surface area contributed by atoms with Gasteiger partial charge in [-0.3, -0.25) is 0 Å². The molecule has 132 valence electrons. The van der Waals surface area contributed by atoms with Crippen LogP contribution < -0.4 is 0 Å². The predicted molar refractivity (Wildman–Crippen MR) is 88.4 cm³/mol. The van der Waals surface area contributed by atoms with Gasteiger partial charge in [0.15, 0.2) is 0 Å². The molecule has 1 aromatic heterocycles. The van der Waals surface area contributed by atoms with Crippen molar-refractivity contribution in [3.63, 3.8) is 0 Å². The molecule has 9 heteroatoms. The Balaban J connectivity index is 2.29. The highest BCUT2D eigenvalue weighted by Gasteiger charge is 2.36. The molecule has 0 unspecified atom stereocenters. The van der Waals surface area contributed by atoms with Crippen LogP contribution in [-0.4, -0.2) is 12.4 Å². The number of rotatable bonds is 2. The second-order valence-electron chi connectivity index (χ2n) is 5.41. The van der Waals surface area contributed by atoms with Gasteiger partial charge in [-0.1, -0.05) is 17.7 Å². The Morgan fingerprint density at radius 2 is 1.68 bits per heavy atom. The lowest BCUT2D eigenvalue weighted by molar-refractivity contribution is -0.138. The van der Waals surface area contributed by atoms with Gasteiger partial charge in [-0.25, -0.2) is 16.8 Å². The van der Waals surface area contributed by atoms with Crippen LogP contribution >= 0.6 is 15.9 Å². The summed E-state index contributed by atoms with van der Waals surface area (Å²) in [6.07, 6.45) is -3.74. The lowest BCUT2D eigenvalue weighted by Crippen LogP contribution is -2.13. The predicted octanol–water partition coefficient (Wildman–Crippen LogP) is 5.11. The fraction of sp³-hybridized carbons (Fsp3) is 0.125. The van der Waals surface area contributed by atoms with Crippen LogP contribution in [0.25, 0.3) is 10.9 Å². The van der Waals surface area contributed by atoms with Gasteiger partial charge in [0.1, 0.15) is 11.3 Å². The minimum Gasteiger partial charge on any atom is -0.238 e. The molecule has 0 spiro atoms. The standard InChI is InChI=1S/C16H10BrF4NO2S/c1-9-2-4-10(5-3-9)25(23,24)22-7-6-11-14(17)12(16(19,20)21)8-13(18)15(11)22/h2-8H,1H3. The Morgan fingerprint density at radius 3 is 2.24 bits per heavy atom. The molecular weight excluding hydrogens is 426 g/mol. The molecule has 0 fully saturated rings. The Morgan fingerprint density at radius 1 is 1.08 bits per heavy atom. The number of hydrogen-bond donors (Lipinski definition) is 0. The summed E-state index contributed by atoms with van der Waals surface area (Å²) in [7, 11) is -4.15. The average molecular weight is 436 g/mol. The van der Waals surface area contributed by atoms with Crippen molar-refractivity contribution in [1.29, 1.82) is 0 Å². The first kappa shape index (κ1) is 17.9. The first-order valence-corrected chi connectivity index (χ1v) is 9.15. The lowest BCUT2D eigenvalue weighted by atomic mass is 10.1. The van der Waals surface area contributed by atoms with Gasteiger partial charge in [-0.15, -0.1) is 0 Å². The van der Waals surface area contributed by atoms with E-state index in [1.165, 1.54) is 12.1 Å². The SMILES string of the molecule is Cc1ccc(S(=O)(=O)n2ccc3c(Br)c(C(F)(F)F)cc(F)c32)cc1. The number of hydrogen-bond acceptors (Lipinski definition) is 2. The molecule has 3 aromatic rings. The van der Waals surface area contributed by atoms with E-state index >= 15 is 0 Å².